The second-order valence-corrected chi connectivity index (χ2v) is 7.97. The maximum Gasteiger partial charge on any atom is 0.139 e. The largest absolute Gasteiger partial charge is 0.390 e. The SMILES string of the molecule is NCc1cnc2[nH]ccc2c1NC1[C@@H]2CC3C[C@H]1CC(O)(C3)C2. The third kappa shape index (κ3) is 2.03. The number of nitrogens with zero attached hydrogens (tertiary/aromatic N) is 1. The lowest BCUT2D eigenvalue weighted by molar-refractivity contribution is -0.129. The smallest absolute Gasteiger partial charge is 0.139 e. The van der Waals surface area contributed by atoms with E-state index in [4.69, 9.17) is 5.73 Å². The van der Waals surface area contributed by atoms with Gasteiger partial charge >= 0.3 is 0 Å². The number of nitrogens with one attached hydrogen (secondary N) is 2. The number of H-pyrrole nitrogens is 1. The van der Waals surface area contributed by atoms with Crippen molar-refractivity contribution >= 4 is 16.7 Å². The zero-order valence-corrected chi connectivity index (χ0v) is 13.3. The molecule has 5 N–H and O–H groups in total. The summed E-state index contributed by atoms with van der Waals surface area (Å²) in [5.74, 6) is 1.90. The van der Waals surface area contributed by atoms with E-state index in [0.29, 0.717) is 24.4 Å². The van der Waals surface area contributed by atoms with Gasteiger partial charge in [-0.1, -0.05) is 0 Å². The van der Waals surface area contributed by atoms with Gasteiger partial charge in [-0.15, -0.1) is 0 Å². The molecule has 0 aromatic carbocycles. The summed E-state index contributed by atoms with van der Waals surface area (Å²) in [4.78, 5) is 7.64. The number of hydrogen-bond donors (Lipinski definition) is 4. The fourth-order valence-electron chi connectivity index (χ4n) is 5.76. The van der Waals surface area contributed by atoms with Crippen molar-refractivity contribution in [3.05, 3.63) is 24.0 Å². The molecule has 2 aromatic rings. The van der Waals surface area contributed by atoms with Crippen LogP contribution in [0.2, 0.25) is 0 Å². The molecule has 0 saturated heterocycles. The first-order valence-corrected chi connectivity index (χ1v) is 8.79. The van der Waals surface area contributed by atoms with Gasteiger partial charge in [-0.2, -0.15) is 0 Å². The monoisotopic (exact) mass is 312 g/mol. The molecule has 23 heavy (non-hydrogen) atoms. The average Bonchev–Trinajstić information content (AvgIpc) is 2.98. The van der Waals surface area contributed by atoms with Crippen LogP contribution in [0.15, 0.2) is 18.5 Å². The fourth-order valence-corrected chi connectivity index (χ4v) is 5.76. The Labute approximate surface area is 135 Å². The minimum atomic E-state index is -0.382. The van der Waals surface area contributed by atoms with Crippen LogP contribution in [0.4, 0.5) is 5.69 Å². The van der Waals surface area contributed by atoms with Crippen LogP contribution in [-0.4, -0.2) is 26.7 Å². The minimum absolute atomic E-state index is 0.382. The zero-order chi connectivity index (χ0) is 15.6. The van der Waals surface area contributed by atoms with Gasteiger partial charge < -0.3 is 21.1 Å². The summed E-state index contributed by atoms with van der Waals surface area (Å²) < 4.78 is 0. The van der Waals surface area contributed by atoms with Gasteiger partial charge in [-0.3, -0.25) is 0 Å². The van der Waals surface area contributed by atoms with Crippen LogP contribution in [0.5, 0.6) is 0 Å². The van der Waals surface area contributed by atoms with E-state index in [1.807, 2.05) is 12.4 Å². The number of anilines is 1. The molecule has 5 nitrogen and oxygen atoms in total. The standard InChI is InChI=1S/C18H24N4O/c19-8-13-9-21-17-14(1-2-20-17)16(13)22-15-11-3-10-4-12(15)7-18(23,5-10)6-11/h1-2,9-12,15,23H,3-8,19H2,(H2,20,21,22)/t10?,11-,12+,15?,18?. The Morgan fingerprint density at radius 3 is 2.78 bits per heavy atom. The Bertz CT molecular complexity index is 739. The van der Waals surface area contributed by atoms with Crippen molar-refractivity contribution in [2.24, 2.45) is 23.5 Å². The molecule has 5 heteroatoms. The van der Waals surface area contributed by atoms with E-state index in [1.165, 1.54) is 12.8 Å². The van der Waals surface area contributed by atoms with Gasteiger partial charge in [0.25, 0.3) is 0 Å². The molecular formula is C18H24N4O. The lowest BCUT2D eigenvalue weighted by Crippen LogP contribution is -2.59. The molecule has 4 aliphatic carbocycles. The molecule has 4 bridgehead atoms. The molecule has 4 fully saturated rings. The van der Waals surface area contributed by atoms with E-state index in [-0.39, 0.29) is 5.60 Å². The maximum atomic E-state index is 10.8. The van der Waals surface area contributed by atoms with Crippen LogP contribution in [-0.2, 0) is 6.54 Å². The number of aromatic nitrogens is 2. The second kappa shape index (κ2) is 4.71. The third-order valence-electron chi connectivity index (χ3n) is 6.44. The van der Waals surface area contributed by atoms with Crippen molar-refractivity contribution in [1.29, 1.82) is 0 Å². The van der Waals surface area contributed by atoms with E-state index in [1.54, 1.807) is 0 Å². The Morgan fingerprint density at radius 2 is 2.09 bits per heavy atom. The Hall–Kier alpha value is -1.59. The summed E-state index contributed by atoms with van der Waals surface area (Å²) in [6.07, 6.45) is 9.27. The highest BCUT2D eigenvalue weighted by Crippen LogP contribution is 2.56. The molecule has 2 heterocycles. The number of fused-ring (bicyclic) bond motifs is 1. The number of aromatic amines is 1. The van der Waals surface area contributed by atoms with Crippen LogP contribution in [0.25, 0.3) is 11.0 Å². The van der Waals surface area contributed by atoms with Crippen LogP contribution in [0.3, 0.4) is 0 Å². The molecule has 0 aliphatic heterocycles. The van der Waals surface area contributed by atoms with E-state index in [9.17, 15) is 5.11 Å². The average molecular weight is 312 g/mol. The molecule has 0 radical (unpaired) electrons. The summed E-state index contributed by atoms with van der Waals surface area (Å²) in [7, 11) is 0. The highest BCUT2D eigenvalue weighted by Gasteiger charge is 2.54. The lowest BCUT2D eigenvalue weighted by atomic mass is 9.52. The Balaban J connectivity index is 1.52. The van der Waals surface area contributed by atoms with Gasteiger partial charge in [-0.25, -0.2) is 4.98 Å². The molecule has 0 spiro atoms. The van der Waals surface area contributed by atoms with Gasteiger partial charge in [0.1, 0.15) is 5.65 Å². The van der Waals surface area contributed by atoms with E-state index in [2.05, 4.69) is 21.4 Å². The van der Waals surface area contributed by atoms with Crippen molar-refractivity contribution in [1.82, 2.24) is 9.97 Å². The first-order chi connectivity index (χ1) is 11.1. The molecule has 5 atom stereocenters. The van der Waals surface area contributed by atoms with Crippen LogP contribution in [0, 0.1) is 17.8 Å². The van der Waals surface area contributed by atoms with Crippen LogP contribution >= 0.6 is 0 Å². The number of aliphatic hydroxyl groups is 1. The predicted octanol–water partition coefficient (Wildman–Crippen LogP) is 2.37. The Kier molecular flexibility index (Phi) is 2.83. The minimum Gasteiger partial charge on any atom is -0.390 e. The van der Waals surface area contributed by atoms with Gasteiger partial charge in [0, 0.05) is 35.9 Å². The third-order valence-corrected chi connectivity index (χ3v) is 6.44. The molecule has 0 amide bonds. The summed E-state index contributed by atoms with van der Waals surface area (Å²) in [6.45, 7) is 0.491. The van der Waals surface area contributed by atoms with E-state index in [0.717, 1.165) is 47.5 Å². The second-order valence-electron chi connectivity index (χ2n) is 7.97. The first kappa shape index (κ1) is 13.8. The summed E-state index contributed by atoms with van der Waals surface area (Å²) in [5, 5.41) is 15.7. The topological polar surface area (TPSA) is 87.0 Å². The molecule has 3 unspecified atom stereocenters. The molecule has 4 saturated carbocycles. The number of pyridine rings is 1. The molecule has 122 valence electrons. The number of rotatable bonds is 3. The lowest BCUT2D eigenvalue weighted by Gasteiger charge is -2.58. The summed E-state index contributed by atoms with van der Waals surface area (Å²) in [6, 6.07) is 2.53. The highest BCUT2D eigenvalue weighted by atomic mass is 16.3. The number of hydrogen-bond acceptors (Lipinski definition) is 4. The van der Waals surface area contributed by atoms with Gasteiger partial charge in [0.05, 0.1) is 11.3 Å². The first-order valence-electron chi connectivity index (χ1n) is 8.79. The fraction of sp³-hybridized carbons (Fsp3) is 0.611. The predicted molar refractivity (Wildman–Crippen MR) is 89.9 cm³/mol. The van der Waals surface area contributed by atoms with E-state index < -0.39 is 0 Å². The summed E-state index contributed by atoms with van der Waals surface area (Å²) in [5.41, 5.74) is 8.69. The quantitative estimate of drug-likeness (QED) is 0.701. The molecule has 2 aromatic heterocycles. The van der Waals surface area contributed by atoms with Crippen molar-refractivity contribution in [3.8, 4) is 0 Å². The summed E-state index contributed by atoms with van der Waals surface area (Å²) >= 11 is 0. The highest BCUT2D eigenvalue weighted by molar-refractivity contribution is 5.91. The molecule has 6 rings (SSSR count). The number of nitrogens with two attached hydrogens (primary N) is 1. The zero-order valence-electron chi connectivity index (χ0n) is 13.3. The maximum absolute atomic E-state index is 10.8. The van der Waals surface area contributed by atoms with Crippen molar-refractivity contribution in [2.45, 2.75) is 50.3 Å². The Morgan fingerprint density at radius 1 is 1.30 bits per heavy atom. The normalized spacial score (nSPS) is 38.3. The van der Waals surface area contributed by atoms with E-state index >= 15 is 0 Å². The van der Waals surface area contributed by atoms with Crippen molar-refractivity contribution < 1.29 is 5.11 Å². The van der Waals surface area contributed by atoms with Crippen molar-refractivity contribution in [3.63, 3.8) is 0 Å². The van der Waals surface area contributed by atoms with Crippen LogP contribution < -0.4 is 11.1 Å². The molecular weight excluding hydrogens is 288 g/mol. The van der Waals surface area contributed by atoms with Crippen molar-refractivity contribution in [2.75, 3.05) is 5.32 Å². The van der Waals surface area contributed by atoms with Crippen LogP contribution in [0.1, 0.15) is 37.7 Å². The molecule has 4 aliphatic rings. The van der Waals surface area contributed by atoms with Gasteiger partial charge in [0.2, 0.25) is 0 Å². The van der Waals surface area contributed by atoms with Gasteiger partial charge in [0.15, 0.2) is 0 Å². The van der Waals surface area contributed by atoms with Gasteiger partial charge in [-0.05, 0) is 55.9 Å².